The van der Waals surface area contributed by atoms with Crippen molar-refractivity contribution in [1.82, 2.24) is 0 Å². The summed E-state index contributed by atoms with van der Waals surface area (Å²) in [5.74, 6) is -0.576. The highest BCUT2D eigenvalue weighted by molar-refractivity contribution is 7.47. The van der Waals surface area contributed by atoms with Gasteiger partial charge in [-0.25, -0.2) is 9.13 Å². The number of hydrogen-bond donors (Lipinski definition) is 3. The summed E-state index contributed by atoms with van der Waals surface area (Å²) >= 11 is 0. The molecule has 0 bridgehead atoms. The van der Waals surface area contributed by atoms with Crippen molar-refractivity contribution in [2.45, 2.75) is 445 Å². The standard InChI is InChI=1S/C81H158O17P2/c1-7-10-12-14-16-18-19-20-21-22-23-24-28-31-34-37-41-45-52-58-64-79(84)92-69-76(97-80(85)65-59-53-46-42-38-35-32-29-26-25-27-30-33-36-40-43-50-56-62-74(6)9-3)71-95-99(87,88)93-67-75(82)68-94-100(89,90)96-72-77(98-81(86)66-60-54-48-47-49-55-61-73(4)5)70-91-78(83)63-57-51-44-39-17-15-13-11-8-2/h73-77,82H,7-72H2,1-6H3,(H,87,88)(H,89,90)/t74?,75-,76-,77-/m1/s1. The number of carbonyl (C=O) groups is 4. The smallest absolute Gasteiger partial charge is 0.462 e. The highest BCUT2D eigenvalue weighted by Crippen LogP contribution is 2.45. The first-order valence-corrected chi connectivity index (χ1v) is 45.0. The number of esters is 4. The summed E-state index contributed by atoms with van der Waals surface area (Å²) in [7, 11) is -9.91. The first-order valence-electron chi connectivity index (χ1n) is 42.0. The molecule has 0 radical (unpaired) electrons. The van der Waals surface area contributed by atoms with Crippen molar-refractivity contribution in [3.8, 4) is 0 Å². The summed E-state index contributed by atoms with van der Waals surface area (Å²) in [6, 6.07) is 0. The molecule has 0 heterocycles. The number of hydrogen-bond acceptors (Lipinski definition) is 15. The second kappa shape index (κ2) is 72.6. The molecule has 0 aliphatic carbocycles. The lowest BCUT2D eigenvalue weighted by Gasteiger charge is -2.21. The lowest BCUT2D eigenvalue weighted by molar-refractivity contribution is -0.161. The molecule has 0 saturated heterocycles. The van der Waals surface area contributed by atoms with Gasteiger partial charge < -0.3 is 33.8 Å². The largest absolute Gasteiger partial charge is 0.472 e. The molecule has 0 aromatic carbocycles. The average molecular weight is 1470 g/mol. The zero-order valence-corrected chi connectivity index (χ0v) is 67.3. The van der Waals surface area contributed by atoms with E-state index in [1.807, 2.05) is 0 Å². The summed E-state index contributed by atoms with van der Waals surface area (Å²) in [5.41, 5.74) is 0. The van der Waals surface area contributed by atoms with Crippen LogP contribution in [0.2, 0.25) is 0 Å². The number of aliphatic hydroxyl groups is 1. The van der Waals surface area contributed by atoms with Crippen molar-refractivity contribution in [2.75, 3.05) is 39.6 Å². The van der Waals surface area contributed by atoms with Crippen LogP contribution in [0, 0.1) is 11.8 Å². The van der Waals surface area contributed by atoms with Gasteiger partial charge in [-0.2, -0.15) is 0 Å². The average Bonchev–Trinajstić information content (AvgIpc) is 0.923. The molecular weight excluding hydrogens is 1310 g/mol. The van der Waals surface area contributed by atoms with Crippen molar-refractivity contribution in [2.24, 2.45) is 11.8 Å². The maximum atomic E-state index is 13.1. The topological polar surface area (TPSA) is 237 Å². The van der Waals surface area contributed by atoms with Gasteiger partial charge in [0, 0.05) is 25.7 Å². The minimum Gasteiger partial charge on any atom is -0.462 e. The molecule has 0 amide bonds. The molecule has 6 atom stereocenters. The van der Waals surface area contributed by atoms with Crippen LogP contribution in [-0.2, 0) is 65.4 Å². The second-order valence-electron chi connectivity index (χ2n) is 29.9. The lowest BCUT2D eigenvalue weighted by atomic mass is 9.99. The van der Waals surface area contributed by atoms with E-state index in [1.54, 1.807) is 0 Å². The summed E-state index contributed by atoms with van der Waals surface area (Å²) in [6.45, 7) is 9.58. The van der Waals surface area contributed by atoms with Crippen LogP contribution < -0.4 is 0 Å². The zero-order chi connectivity index (χ0) is 73.5. The Morgan fingerprint density at radius 3 is 0.760 bits per heavy atom. The maximum absolute atomic E-state index is 13.1. The first kappa shape index (κ1) is 98.1. The predicted octanol–water partition coefficient (Wildman–Crippen LogP) is 24.3. The van der Waals surface area contributed by atoms with Crippen molar-refractivity contribution in [3.63, 3.8) is 0 Å². The van der Waals surface area contributed by atoms with Crippen LogP contribution in [-0.4, -0.2) is 96.7 Å². The minimum absolute atomic E-state index is 0.102. The Labute approximate surface area is 613 Å². The van der Waals surface area contributed by atoms with Gasteiger partial charge in [0.05, 0.1) is 26.4 Å². The molecule has 100 heavy (non-hydrogen) atoms. The molecule has 3 unspecified atom stereocenters. The molecule has 3 N–H and O–H groups in total. The van der Waals surface area contributed by atoms with E-state index in [0.717, 1.165) is 95.8 Å². The number of unbranched alkanes of at least 4 members (excludes halogenated alkanes) is 49. The van der Waals surface area contributed by atoms with E-state index in [-0.39, 0.29) is 25.7 Å². The number of phosphoric acid groups is 2. The van der Waals surface area contributed by atoms with Gasteiger partial charge >= 0.3 is 39.5 Å². The van der Waals surface area contributed by atoms with Gasteiger partial charge in [0.15, 0.2) is 12.2 Å². The SMILES string of the molecule is CCCCCCCCCCCCCCCCCCCCCCC(=O)OC[C@H](COP(=O)(O)OC[C@@H](O)COP(=O)(O)OC[C@@H](COC(=O)CCCCCCCCCCC)OC(=O)CCCCCCCCC(C)C)OC(=O)CCCCCCCCCCCCCCCCCCCCC(C)CC. The Hall–Kier alpha value is -1.94. The number of carbonyl (C=O) groups excluding carboxylic acids is 4. The van der Waals surface area contributed by atoms with Crippen LogP contribution in [0.15, 0.2) is 0 Å². The molecule has 0 aliphatic rings. The number of phosphoric ester groups is 2. The van der Waals surface area contributed by atoms with E-state index in [1.165, 1.54) is 244 Å². The van der Waals surface area contributed by atoms with Crippen molar-refractivity contribution in [1.29, 1.82) is 0 Å². The third-order valence-electron chi connectivity index (χ3n) is 19.3. The third-order valence-corrected chi connectivity index (χ3v) is 21.2. The van der Waals surface area contributed by atoms with Gasteiger partial charge in [-0.1, -0.05) is 375 Å². The number of aliphatic hydroxyl groups excluding tert-OH is 1. The molecule has 0 aliphatic heterocycles. The molecule has 0 fully saturated rings. The normalized spacial score (nSPS) is 14.2. The van der Waals surface area contributed by atoms with Gasteiger partial charge in [0.1, 0.15) is 19.3 Å². The highest BCUT2D eigenvalue weighted by Gasteiger charge is 2.30. The molecule has 0 rings (SSSR count). The Morgan fingerprint density at radius 1 is 0.290 bits per heavy atom. The fraction of sp³-hybridized carbons (Fsp3) is 0.951. The van der Waals surface area contributed by atoms with Gasteiger partial charge in [-0.15, -0.1) is 0 Å². The van der Waals surface area contributed by atoms with Gasteiger partial charge in [-0.05, 0) is 37.5 Å². The Morgan fingerprint density at radius 2 is 0.510 bits per heavy atom. The van der Waals surface area contributed by atoms with Crippen molar-refractivity contribution in [3.05, 3.63) is 0 Å². The summed E-state index contributed by atoms with van der Waals surface area (Å²) in [5, 5.41) is 10.6. The molecule has 594 valence electrons. The van der Waals surface area contributed by atoms with Crippen molar-refractivity contribution >= 4 is 39.5 Å². The van der Waals surface area contributed by atoms with E-state index in [4.69, 9.17) is 37.0 Å². The molecule has 17 nitrogen and oxygen atoms in total. The van der Waals surface area contributed by atoms with E-state index in [9.17, 15) is 43.2 Å². The van der Waals surface area contributed by atoms with E-state index >= 15 is 0 Å². The van der Waals surface area contributed by atoms with Crippen LogP contribution in [0.4, 0.5) is 0 Å². The lowest BCUT2D eigenvalue weighted by Crippen LogP contribution is -2.30. The maximum Gasteiger partial charge on any atom is 0.472 e. The Bertz CT molecular complexity index is 1930. The van der Waals surface area contributed by atoms with E-state index < -0.39 is 97.5 Å². The summed E-state index contributed by atoms with van der Waals surface area (Å²) in [4.78, 5) is 72.8. The Balaban J connectivity index is 5.15. The predicted molar refractivity (Wildman–Crippen MR) is 409 cm³/mol. The van der Waals surface area contributed by atoms with E-state index in [2.05, 4.69) is 41.5 Å². The fourth-order valence-electron chi connectivity index (χ4n) is 12.5. The zero-order valence-electron chi connectivity index (χ0n) is 65.5. The van der Waals surface area contributed by atoms with Gasteiger partial charge in [-0.3, -0.25) is 37.3 Å². The molecular formula is C81H158O17P2. The molecule has 0 aromatic heterocycles. The molecule has 0 saturated carbocycles. The third kappa shape index (κ3) is 73.0. The van der Waals surface area contributed by atoms with E-state index in [0.29, 0.717) is 31.6 Å². The summed E-state index contributed by atoms with van der Waals surface area (Å²) < 4.78 is 68.5. The Kier molecular flexibility index (Phi) is 71.2. The van der Waals surface area contributed by atoms with Crippen LogP contribution in [0.1, 0.15) is 427 Å². The minimum atomic E-state index is -4.96. The second-order valence-corrected chi connectivity index (χ2v) is 32.8. The van der Waals surface area contributed by atoms with Crippen LogP contribution in [0.5, 0.6) is 0 Å². The highest BCUT2D eigenvalue weighted by atomic mass is 31.2. The van der Waals surface area contributed by atoms with Gasteiger partial charge in [0.25, 0.3) is 0 Å². The van der Waals surface area contributed by atoms with Crippen LogP contribution >= 0.6 is 15.6 Å². The monoisotopic (exact) mass is 1470 g/mol. The number of ether oxygens (including phenoxy) is 4. The first-order chi connectivity index (χ1) is 48.4. The molecule has 0 aromatic rings. The van der Waals surface area contributed by atoms with Crippen LogP contribution in [0.25, 0.3) is 0 Å². The van der Waals surface area contributed by atoms with Gasteiger partial charge in [0.2, 0.25) is 0 Å². The molecule has 0 spiro atoms. The van der Waals surface area contributed by atoms with Crippen molar-refractivity contribution < 1.29 is 80.2 Å². The quantitative estimate of drug-likeness (QED) is 0.0222. The van der Waals surface area contributed by atoms with Crippen LogP contribution in [0.3, 0.4) is 0 Å². The summed E-state index contributed by atoms with van der Waals surface area (Å²) in [6.07, 6.45) is 62.9. The fourth-order valence-corrected chi connectivity index (χ4v) is 14.1. The molecule has 19 heteroatoms. The number of rotatable bonds is 80.